The highest BCUT2D eigenvalue weighted by atomic mass is 16.4. The molecule has 2 heterocycles. The Balaban J connectivity index is 2.09. The van der Waals surface area contributed by atoms with E-state index in [0.717, 1.165) is 4.90 Å². The van der Waals surface area contributed by atoms with Crippen molar-refractivity contribution in [1.82, 2.24) is 4.90 Å². The lowest BCUT2D eigenvalue weighted by Crippen LogP contribution is -2.28. The van der Waals surface area contributed by atoms with Crippen LogP contribution >= 0.6 is 0 Å². The first-order valence-electron chi connectivity index (χ1n) is 6.15. The van der Waals surface area contributed by atoms with Crippen molar-refractivity contribution in [3.63, 3.8) is 0 Å². The van der Waals surface area contributed by atoms with Crippen LogP contribution in [0.5, 0.6) is 0 Å². The van der Waals surface area contributed by atoms with Crippen molar-refractivity contribution in [3.05, 3.63) is 35.6 Å². The summed E-state index contributed by atoms with van der Waals surface area (Å²) in [5.41, 5.74) is 0.788. The summed E-state index contributed by atoms with van der Waals surface area (Å²) in [5, 5.41) is 9.80. The van der Waals surface area contributed by atoms with E-state index in [1.54, 1.807) is 24.3 Å². The second-order valence-electron chi connectivity index (χ2n) is 4.58. The summed E-state index contributed by atoms with van der Waals surface area (Å²) in [4.78, 5) is 35.6. The third-order valence-corrected chi connectivity index (χ3v) is 3.36. The van der Waals surface area contributed by atoms with Crippen LogP contribution in [0.1, 0.15) is 29.0 Å². The number of amides is 2. The SMILES string of the molecule is O=C(O)c1oc2ccccc2c1CN1C(=O)CCC1=O. The van der Waals surface area contributed by atoms with Crippen LogP contribution < -0.4 is 0 Å². The molecule has 0 aliphatic carbocycles. The monoisotopic (exact) mass is 273 g/mol. The molecule has 1 N–H and O–H groups in total. The van der Waals surface area contributed by atoms with Gasteiger partial charge in [-0.2, -0.15) is 0 Å². The number of carboxylic acid groups (broad SMARTS) is 1. The molecule has 0 radical (unpaired) electrons. The molecule has 6 heteroatoms. The summed E-state index contributed by atoms with van der Waals surface area (Å²) >= 11 is 0. The number of aromatic carboxylic acids is 1. The van der Waals surface area contributed by atoms with Gasteiger partial charge in [0.15, 0.2) is 0 Å². The van der Waals surface area contributed by atoms with Gasteiger partial charge in [0, 0.05) is 23.8 Å². The third kappa shape index (κ3) is 1.85. The van der Waals surface area contributed by atoms with Crippen LogP contribution in [0.15, 0.2) is 28.7 Å². The number of likely N-dealkylation sites (tertiary alicyclic amines) is 1. The number of rotatable bonds is 3. The van der Waals surface area contributed by atoms with Crippen LogP contribution in [0.2, 0.25) is 0 Å². The van der Waals surface area contributed by atoms with Crippen molar-refractivity contribution in [2.45, 2.75) is 19.4 Å². The molecule has 0 saturated carbocycles. The van der Waals surface area contributed by atoms with Gasteiger partial charge in [0.2, 0.25) is 17.6 Å². The van der Waals surface area contributed by atoms with Crippen LogP contribution in [-0.4, -0.2) is 27.8 Å². The molecule has 1 aliphatic rings. The average molecular weight is 273 g/mol. The quantitative estimate of drug-likeness (QED) is 0.861. The summed E-state index contributed by atoms with van der Waals surface area (Å²) in [6.07, 6.45) is 0.355. The molecule has 1 aromatic carbocycles. The summed E-state index contributed by atoms with van der Waals surface area (Å²) in [7, 11) is 0. The lowest BCUT2D eigenvalue weighted by molar-refractivity contribution is -0.139. The van der Waals surface area contributed by atoms with Crippen LogP contribution in [-0.2, 0) is 16.1 Å². The van der Waals surface area contributed by atoms with Crippen molar-refractivity contribution < 1.29 is 23.9 Å². The zero-order valence-electron chi connectivity index (χ0n) is 10.5. The van der Waals surface area contributed by atoms with E-state index in [1.165, 1.54) is 0 Å². The zero-order valence-corrected chi connectivity index (χ0v) is 10.5. The molecule has 0 unspecified atom stereocenters. The minimum absolute atomic E-state index is 0.0592. The Morgan fingerprint density at radius 3 is 2.50 bits per heavy atom. The number of carbonyl (C=O) groups is 3. The number of imide groups is 1. The fourth-order valence-corrected chi connectivity index (χ4v) is 2.39. The topological polar surface area (TPSA) is 87.8 Å². The maximum absolute atomic E-state index is 11.7. The predicted molar refractivity (Wildman–Crippen MR) is 68.0 cm³/mol. The van der Waals surface area contributed by atoms with Crippen LogP contribution in [0.3, 0.4) is 0 Å². The van der Waals surface area contributed by atoms with Crippen LogP contribution in [0.4, 0.5) is 0 Å². The maximum Gasteiger partial charge on any atom is 0.372 e. The van der Waals surface area contributed by atoms with Crippen molar-refractivity contribution in [1.29, 1.82) is 0 Å². The molecule has 0 bridgehead atoms. The molecule has 3 rings (SSSR count). The number of hydrogen-bond donors (Lipinski definition) is 1. The summed E-state index contributed by atoms with van der Waals surface area (Å²) in [6.45, 7) is -0.0592. The Bertz CT molecular complexity index is 714. The van der Waals surface area contributed by atoms with Gasteiger partial charge in [0.25, 0.3) is 0 Å². The molecule has 1 aromatic heterocycles. The van der Waals surface area contributed by atoms with Crippen LogP contribution in [0.25, 0.3) is 11.0 Å². The summed E-state index contributed by atoms with van der Waals surface area (Å²) in [6, 6.07) is 6.85. The zero-order chi connectivity index (χ0) is 14.3. The number of para-hydroxylation sites is 1. The largest absolute Gasteiger partial charge is 0.475 e. The molecule has 2 amide bonds. The van der Waals surface area contributed by atoms with Crippen molar-refractivity contribution in [2.75, 3.05) is 0 Å². The highest BCUT2D eigenvalue weighted by molar-refractivity contribution is 6.03. The highest BCUT2D eigenvalue weighted by Gasteiger charge is 2.31. The lowest BCUT2D eigenvalue weighted by atomic mass is 10.1. The molecule has 20 heavy (non-hydrogen) atoms. The number of benzene rings is 1. The van der Waals surface area contributed by atoms with E-state index >= 15 is 0 Å². The standard InChI is InChI=1S/C14H11NO5/c16-11-5-6-12(17)15(11)7-9-8-3-1-2-4-10(8)20-13(9)14(18)19/h1-4H,5-7H2,(H,18,19). The molecule has 1 aliphatic heterocycles. The van der Waals surface area contributed by atoms with Gasteiger partial charge < -0.3 is 9.52 Å². The Labute approximate surface area is 113 Å². The van der Waals surface area contributed by atoms with Gasteiger partial charge in [-0.25, -0.2) is 4.79 Å². The average Bonchev–Trinajstić information content (AvgIpc) is 2.94. The second-order valence-corrected chi connectivity index (χ2v) is 4.58. The molecule has 1 fully saturated rings. The van der Waals surface area contributed by atoms with Gasteiger partial charge in [0.05, 0.1) is 6.54 Å². The number of hydrogen-bond acceptors (Lipinski definition) is 4. The molecule has 6 nitrogen and oxygen atoms in total. The molecule has 1 saturated heterocycles. The van der Waals surface area contributed by atoms with E-state index in [4.69, 9.17) is 4.42 Å². The Hall–Kier alpha value is -2.63. The summed E-state index contributed by atoms with van der Waals surface area (Å²) in [5.74, 6) is -2.00. The fraction of sp³-hybridized carbons (Fsp3) is 0.214. The highest BCUT2D eigenvalue weighted by Crippen LogP contribution is 2.28. The van der Waals surface area contributed by atoms with Gasteiger partial charge >= 0.3 is 5.97 Å². The first kappa shape index (κ1) is 12.4. The van der Waals surface area contributed by atoms with E-state index in [1.807, 2.05) is 0 Å². The van der Waals surface area contributed by atoms with Crippen molar-refractivity contribution in [2.24, 2.45) is 0 Å². The fourth-order valence-electron chi connectivity index (χ4n) is 2.39. The van der Waals surface area contributed by atoms with Gasteiger partial charge in [-0.1, -0.05) is 18.2 Å². The number of carbonyl (C=O) groups excluding carboxylic acids is 2. The minimum atomic E-state index is -1.21. The molecule has 2 aromatic rings. The van der Waals surface area contributed by atoms with Gasteiger partial charge in [-0.3, -0.25) is 14.5 Å². The summed E-state index contributed by atoms with van der Waals surface area (Å²) < 4.78 is 5.29. The van der Waals surface area contributed by atoms with Crippen molar-refractivity contribution >= 4 is 28.8 Å². The van der Waals surface area contributed by atoms with E-state index < -0.39 is 5.97 Å². The smallest absolute Gasteiger partial charge is 0.372 e. The predicted octanol–water partition coefficient (Wildman–Crippen LogP) is 1.78. The molecular weight excluding hydrogens is 262 g/mol. The van der Waals surface area contributed by atoms with Crippen molar-refractivity contribution in [3.8, 4) is 0 Å². The van der Waals surface area contributed by atoms with E-state index in [9.17, 15) is 19.5 Å². The first-order chi connectivity index (χ1) is 9.58. The molecule has 0 spiro atoms. The third-order valence-electron chi connectivity index (χ3n) is 3.36. The van der Waals surface area contributed by atoms with E-state index in [2.05, 4.69) is 0 Å². The maximum atomic E-state index is 11.7. The van der Waals surface area contributed by atoms with Gasteiger partial charge in [-0.15, -0.1) is 0 Å². The Morgan fingerprint density at radius 2 is 1.85 bits per heavy atom. The number of fused-ring (bicyclic) bond motifs is 1. The van der Waals surface area contributed by atoms with Gasteiger partial charge in [0.1, 0.15) is 5.58 Å². The number of carboxylic acids is 1. The number of nitrogens with zero attached hydrogens (tertiary/aromatic N) is 1. The van der Waals surface area contributed by atoms with E-state index in [0.29, 0.717) is 16.5 Å². The van der Waals surface area contributed by atoms with Crippen LogP contribution in [0, 0.1) is 0 Å². The second kappa shape index (κ2) is 4.48. The molecular formula is C14H11NO5. The minimum Gasteiger partial charge on any atom is -0.475 e. The van der Waals surface area contributed by atoms with Gasteiger partial charge in [-0.05, 0) is 6.07 Å². The molecule has 0 atom stereocenters. The number of furan rings is 1. The first-order valence-corrected chi connectivity index (χ1v) is 6.15. The lowest BCUT2D eigenvalue weighted by Gasteiger charge is -2.13. The Morgan fingerprint density at radius 1 is 1.20 bits per heavy atom. The molecule has 102 valence electrons. The van der Waals surface area contributed by atoms with E-state index in [-0.39, 0.29) is 37.0 Å². The normalized spacial score (nSPS) is 15.3. The Kier molecular flexibility index (Phi) is 2.78.